The number of carboxylic acid groups (broad SMARTS) is 1. The molecule has 7 nitrogen and oxygen atoms in total. The summed E-state index contributed by atoms with van der Waals surface area (Å²) < 4.78 is 1.44. The fourth-order valence-electron chi connectivity index (χ4n) is 1.71. The van der Waals surface area contributed by atoms with Gasteiger partial charge in [0.05, 0.1) is 11.9 Å². The monoisotopic (exact) mass is 205 g/mol. The Balaban J connectivity index is 2.27. The highest BCUT2D eigenvalue weighted by atomic mass is 16.4. The number of tetrazole rings is 1. The molecule has 3 rings (SSSR count). The third-order valence-corrected chi connectivity index (χ3v) is 2.76. The van der Waals surface area contributed by atoms with Gasteiger partial charge in [0.25, 0.3) is 0 Å². The molecule has 15 heavy (non-hydrogen) atoms. The van der Waals surface area contributed by atoms with E-state index in [1.165, 1.54) is 16.9 Å². The molecule has 0 spiro atoms. The molecule has 0 radical (unpaired) electrons. The van der Waals surface area contributed by atoms with E-state index in [0.29, 0.717) is 24.2 Å². The largest absolute Gasteiger partial charge is 0.481 e. The number of nitrogens with zero attached hydrogens (tertiary/aromatic N) is 5. The second-order valence-corrected chi connectivity index (χ2v) is 3.63. The molecule has 1 fully saturated rings. The molecule has 0 unspecified atom stereocenters. The molecule has 1 aliphatic carbocycles. The van der Waals surface area contributed by atoms with Crippen LogP contribution >= 0.6 is 0 Å². The molecule has 1 N–H and O–H groups in total. The van der Waals surface area contributed by atoms with Gasteiger partial charge in [0.1, 0.15) is 5.41 Å². The van der Waals surface area contributed by atoms with Gasteiger partial charge in [-0.15, -0.1) is 5.10 Å². The molecule has 0 aliphatic heterocycles. The lowest BCUT2D eigenvalue weighted by Crippen LogP contribution is -2.23. The maximum Gasteiger partial charge on any atom is 0.315 e. The molecule has 0 aromatic carbocycles. The lowest BCUT2D eigenvalue weighted by atomic mass is 10.0. The molecule has 76 valence electrons. The number of carboxylic acids is 1. The summed E-state index contributed by atoms with van der Waals surface area (Å²) in [4.78, 5) is 15.1. The van der Waals surface area contributed by atoms with Crippen molar-refractivity contribution in [3.63, 3.8) is 0 Å². The summed E-state index contributed by atoms with van der Waals surface area (Å²) in [5.74, 6) is -0.840. The summed E-state index contributed by atoms with van der Waals surface area (Å²) in [5, 5.41) is 20.1. The number of aliphatic carboxylic acids is 1. The van der Waals surface area contributed by atoms with E-state index >= 15 is 0 Å². The first-order valence-corrected chi connectivity index (χ1v) is 4.50. The van der Waals surface area contributed by atoms with Crippen molar-refractivity contribution in [1.82, 2.24) is 25.0 Å². The first-order valence-electron chi connectivity index (χ1n) is 4.50. The first-order chi connectivity index (χ1) is 7.24. The van der Waals surface area contributed by atoms with Gasteiger partial charge in [0, 0.05) is 6.20 Å². The van der Waals surface area contributed by atoms with Gasteiger partial charge in [-0.25, -0.2) is 0 Å². The average molecular weight is 205 g/mol. The van der Waals surface area contributed by atoms with Crippen molar-refractivity contribution in [2.75, 3.05) is 0 Å². The predicted octanol–water partition coefficient (Wildman–Crippen LogP) is -0.365. The van der Waals surface area contributed by atoms with Crippen molar-refractivity contribution in [3.8, 4) is 0 Å². The van der Waals surface area contributed by atoms with Crippen molar-refractivity contribution < 1.29 is 9.90 Å². The van der Waals surface area contributed by atoms with E-state index in [0.717, 1.165) is 0 Å². The molecule has 2 heterocycles. The topological polar surface area (TPSA) is 93.3 Å². The second-order valence-electron chi connectivity index (χ2n) is 3.63. The third-order valence-electron chi connectivity index (χ3n) is 2.76. The average Bonchev–Trinajstić information content (AvgIpc) is 2.89. The van der Waals surface area contributed by atoms with Crippen molar-refractivity contribution in [2.45, 2.75) is 18.3 Å². The van der Waals surface area contributed by atoms with E-state index in [-0.39, 0.29) is 0 Å². The lowest BCUT2D eigenvalue weighted by molar-refractivity contribution is -0.140. The Bertz CT molecular complexity index is 545. The van der Waals surface area contributed by atoms with Crippen LogP contribution in [0, 0.1) is 0 Å². The fourth-order valence-corrected chi connectivity index (χ4v) is 1.71. The van der Waals surface area contributed by atoms with E-state index < -0.39 is 11.4 Å². The van der Waals surface area contributed by atoms with Gasteiger partial charge < -0.3 is 5.11 Å². The molecule has 7 heteroatoms. The van der Waals surface area contributed by atoms with Crippen LogP contribution in [0.5, 0.6) is 0 Å². The van der Waals surface area contributed by atoms with Gasteiger partial charge in [-0.1, -0.05) is 0 Å². The van der Waals surface area contributed by atoms with E-state index in [9.17, 15) is 4.79 Å². The number of hydrogen-bond acceptors (Lipinski definition) is 5. The number of hydrogen-bond donors (Lipinski definition) is 1. The van der Waals surface area contributed by atoms with Gasteiger partial charge in [-0.3, -0.25) is 9.78 Å². The molecule has 2 aromatic rings. The van der Waals surface area contributed by atoms with E-state index in [1.807, 2.05) is 0 Å². The summed E-state index contributed by atoms with van der Waals surface area (Å²) in [5.41, 5.74) is 0.194. The molecular weight excluding hydrogens is 198 g/mol. The van der Waals surface area contributed by atoms with Crippen molar-refractivity contribution in [3.05, 3.63) is 18.1 Å². The fraction of sp³-hybridized carbons (Fsp3) is 0.375. The molecule has 0 bridgehead atoms. The van der Waals surface area contributed by atoms with Crippen LogP contribution in [0.1, 0.15) is 18.5 Å². The van der Waals surface area contributed by atoms with Gasteiger partial charge in [-0.05, 0) is 23.3 Å². The Kier molecular flexibility index (Phi) is 1.38. The molecule has 1 saturated carbocycles. The molecule has 0 atom stereocenters. The van der Waals surface area contributed by atoms with Crippen molar-refractivity contribution >= 4 is 11.6 Å². The van der Waals surface area contributed by atoms with Gasteiger partial charge in [-0.2, -0.15) is 4.52 Å². The second kappa shape index (κ2) is 2.50. The summed E-state index contributed by atoms with van der Waals surface area (Å²) in [6.45, 7) is 0. The van der Waals surface area contributed by atoms with Crippen LogP contribution in [-0.2, 0) is 10.2 Å². The number of carbonyl (C=O) groups is 1. The molecule has 0 amide bonds. The first kappa shape index (κ1) is 8.27. The Morgan fingerprint density at radius 2 is 2.27 bits per heavy atom. The summed E-state index contributed by atoms with van der Waals surface area (Å²) in [6.07, 6.45) is 4.25. The normalized spacial score (nSPS) is 17.9. The summed E-state index contributed by atoms with van der Waals surface area (Å²) in [6, 6.07) is 0. The van der Waals surface area contributed by atoms with Crippen LogP contribution in [0.4, 0.5) is 0 Å². The minimum atomic E-state index is -0.840. The van der Waals surface area contributed by atoms with E-state index in [4.69, 9.17) is 5.11 Å². The minimum Gasteiger partial charge on any atom is -0.481 e. The summed E-state index contributed by atoms with van der Waals surface area (Å²) >= 11 is 0. The quantitative estimate of drug-likeness (QED) is 0.719. The van der Waals surface area contributed by atoms with Crippen molar-refractivity contribution in [1.29, 1.82) is 0 Å². The SMILES string of the molecule is O=C(O)C1(c2cncc3nnnn23)CC1. The zero-order valence-corrected chi connectivity index (χ0v) is 7.66. The highest BCUT2D eigenvalue weighted by molar-refractivity contribution is 5.84. The van der Waals surface area contributed by atoms with Crippen molar-refractivity contribution in [2.24, 2.45) is 0 Å². The molecule has 0 saturated heterocycles. The standard InChI is InChI=1S/C8H7N5O2/c14-7(15)8(1-2-8)5-3-9-4-6-10-11-12-13(5)6/h3-4H,1-2H2,(H,14,15). The minimum absolute atomic E-state index is 0.472. The van der Waals surface area contributed by atoms with Crippen LogP contribution in [0.2, 0.25) is 0 Å². The predicted molar refractivity (Wildman–Crippen MR) is 47.1 cm³/mol. The van der Waals surface area contributed by atoms with Crippen LogP contribution in [0.25, 0.3) is 5.65 Å². The highest BCUT2D eigenvalue weighted by Gasteiger charge is 2.54. The van der Waals surface area contributed by atoms with E-state index in [2.05, 4.69) is 20.5 Å². The van der Waals surface area contributed by atoms with E-state index in [1.54, 1.807) is 0 Å². The van der Waals surface area contributed by atoms with Crippen LogP contribution in [0.15, 0.2) is 12.4 Å². The Hall–Kier alpha value is -2.05. The zero-order chi connectivity index (χ0) is 10.5. The Labute approximate surface area is 83.7 Å². The highest BCUT2D eigenvalue weighted by Crippen LogP contribution is 2.47. The molecule has 2 aromatic heterocycles. The number of aromatic nitrogens is 5. The third kappa shape index (κ3) is 0.969. The number of fused-ring (bicyclic) bond motifs is 1. The van der Waals surface area contributed by atoms with Crippen LogP contribution in [-0.4, -0.2) is 36.1 Å². The molecular formula is C8H7N5O2. The molecule has 1 aliphatic rings. The van der Waals surface area contributed by atoms with Crippen LogP contribution < -0.4 is 0 Å². The van der Waals surface area contributed by atoms with Gasteiger partial charge in [0.15, 0.2) is 5.65 Å². The zero-order valence-electron chi connectivity index (χ0n) is 7.66. The van der Waals surface area contributed by atoms with Gasteiger partial charge in [0.2, 0.25) is 0 Å². The Morgan fingerprint density at radius 1 is 1.47 bits per heavy atom. The maximum absolute atomic E-state index is 11.1. The van der Waals surface area contributed by atoms with Crippen LogP contribution in [0.3, 0.4) is 0 Å². The smallest absolute Gasteiger partial charge is 0.315 e. The number of rotatable bonds is 2. The lowest BCUT2D eigenvalue weighted by Gasteiger charge is -2.09. The Morgan fingerprint density at radius 3 is 2.93 bits per heavy atom. The van der Waals surface area contributed by atoms with Gasteiger partial charge >= 0.3 is 5.97 Å². The maximum atomic E-state index is 11.1. The summed E-state index contributed by atoms with van der Waals surface area (Å²) in [7, 11) is 0.